The lowest BCUT2D eigenvalue weighted by Gasteiger charge is -2.11. The molecule has 1 atom stereocenters. The zero-order chi connectivity index (χ0) is 22.8. The molecule has 0 aliphatic rings. The monoisotopic (exact) mass is 486 g/mol. The first-order valence-corrected chi connectivity index (χ1v) is 11.9. The highest BCUT2D eigenvalue weighted by Gasteiger charge is 2.23. The van der Waals surface area contributed by atoms with Gasteiger partial charge in [-0.25, -0.2) is 4.39 Å². The molecule has 0 amide bonds. The molecule has 4 rings (SSSR count). The zero-order valence-corrected chi connectivity index (χ0v) is 20.0. The van der Waals surface area contributed by atoms with Crippen LogP contribution < -0.4 is 5.32 Å². The third-order valence-electron chi connectivity index (χ3n) is 4.95. The Morgan fingerprint density at radius 2 is 1.88 bits per heavy atom. The maximum absolute atomic E-state index is 13.8. The summed E-state index contributed by atoms with van der Waals surface area (Å²) < 4.78 is 16.5. The molecule has 32 heavy (non-hydrogen) atoms. The van der Waals surface area contributed by atoms with Crippen molar-refractivity contribution in [1.82, 2.24) is 14.8 Å². The second kappa shape index (κ2) is 9.44. The Balaban J connectivity index is 1.49. The number of aryl methyl sites for hydroxylation is 1. The lowest BCUT2D eigenvalue weighted by molar-refractivity contribution is 0.0993. The largest absolute Gasteiger partial charge is 0.328 e. The van der Waals surface area contributed by atoms with E-state index in [2.05, 4.69) is 15.5 Å². The third kappa shape index (κ3) is 4.72. The number of benzene rings is 2. The second-order valence-electron chi connectivity index (χ2n) is 7.20. The molecule has 0 unspecified atom stereocenters. The van der Waals surface area contributed by atoms with Crippen molar-refractivity contribution < 1.29 is 9.18 Å². The zero-order valence-electron chi connectivity index (χ0n) is 17.6. The number of nitrogens with zero attached hydrogens (tertiary/aromatic N) is 3. The number of carbonyl (C=O) groups is 1. The number of aromatic nitrogens is 3. The van der Waals surface area contributed by atoms with E-state index < -0.39 is 0 Å². The number of anilines is 2. The van der Waals surface area contributed by atoms with E-state index in [1.54, 1.807) is 18.2 Å². The van der Waals surface area contributed by atoms with Crippen LogP contribution in [-0.2, 0) is 0 Å². The van der Waals surface area contributed by atoms with Gasteiger partial charge in [0.05, 0.1) is 10.9 Å². The van der Waals surface area contributed by atoms with E-state index >= 15 is 0 Å². The number of thioether (sulfide) groups is 1. The van der Waals surface area contributed by atoms with E-state index in [4.69, 9.17) is 11.6 Å². The van der Waals surface area contributed by atoms with Gasteiger partial charge in [-0.3, -0.25) is 4.79 Å². The number of ketones is 1. The maximum atomic E-state index is 13.8. The molecule has 0 aliphatic heterocycles. The predicted octanol–water partition coefficient (Wildman–Crippen LogP) is 6.85. The van der Waals surface area contributed by atoms with E-state index in [0.717, 1.165) is 17.1 Å². The molecule has 9 heteroatoms. The molecule has 164 valence electrons. The number of hydrogen-bond acceptors (Lipinski definition) is 6. The molecule has 0 spiro atoms. The minimum Gasteiger partial charge on any atom is -0.328 e. The van der Waals surface area contributed by atoms with Crippen molar-refractivity contribution in [2.45, 2.75) is 30.4 Å². The smallest absolute Gasteiger partial charge is 0.210 e. The van der Waals surface area contributed by atoms with Crippen LogP contribution in [0, 0.1) is 19.7 Å². The third-order valence-corrected chi connectivity index (χ3v) is 7.23. The molecule has 0 bridgehead atoms. The van der Waals surface area contributed by atoms with Gasteiger partial charge in [-0.1, -0.05) is 46.8 Å². The average Bonchev–Trinajstić information content (AvgIpc) is 3.33. The Labute approximate surface area is 198 Å². The molecule has 5 nitrogen and oxygen atoms in total. The second-order valence-corrected chi connectivity index (χ2v) is 10.2. The Morgan fingerprint density at radius 1 is 1.16 bits per heavy atom. The van der Waals surface area contributed by atoms with Crippen molar-refractivity contribution in [2.24, 2.45) is 0 Å². The van der Waals surface area contributed by atoms with Gasteiger partial charge in [-0.2, -0.15) is 0 Å². The first-order valence-electron chi connectivity index (χ1n) is 9.84. The van der Waals surface area contributed by atoms with Crippen LogP contribution in [0.5, 0.6) is 0 Å². The molecule has 2 aromatic carbocycles. The molecule has 2 heterocycles. The molecule has 0 saturated heterocycles. The number of carbonyl (C=O) groups excluding carboxylic acids is 1. The van der Waals surface area contributed by atoms with Gasteiger partial charge in [-0.05, 0) is 63.2 Å². The quantitative estimate of drug-likeness (QED) is 0.229. The Hall–Kier alpha value is -2.68. The summed E-state index contributed by atoms with van der Waals surface area (Å²) >= 11 is 8.63. The van der Waals surface area contributed by atoms with E-state index in [1.807, 2.05) is 55.7 Å². The summed E-state index contributed by atoms with van der Waals surface area (Å²) in [7, 11) is 0. The highest BCUT2D eigenvalue weighted by atomic mass is 35.5. The normalized spacial score (nSPS) is 12.0. The van der Waals surface area contributed by atoms with Crippen LogP contribution in [-0.4, -0.2) is 25.8 Å². The molecule has 0 fully saturated rings. The lowest BCUT2D eigenvalue weighted by atomic mass is 10.1. The number of halogens is 2. The molecular weight excluding hydrogens is 467 g/mol. The SMILES string of the molecule is Cc1cc(C(=O)[C@H](C)Sc2nnc(Nc3ccccc3F)s2)c(C)n1-c1ccc(Cl)cc1. The van der Waals surface area contributed by atoms with Crippen LogP contribution in [0.25, 0.3) is 5.69 Å². The van der Waals surface area contributed by atoms with Crippen LogP contribution in [0.3, 0.4) is 0 Å². The number of Topliss-reactive ketones (excluding diaryl/α,β-unsaturated/α-hetero) is 1. The summed E-state index contributed by atoms with van der Waals surface area (Å²) in [6, 6.07) is 15.8. The summed E-state index contributed by atoms with van der Waals surface area (Å²) in [5.41, 5.74) is 3.81. The summed E-state index contributed by atoms with van der Waals surface area (Å²) in [4.78, 5) is 13.2. The van der Waals surface area contributed by atoms with Crippen LogP contribution in [0.1, 0.15) is 28.7 Å². The number of hydrogen-bond donors (Lipinski definition) is 1. The van der Waals surface area contributed by atoms with Gasteiger partial charge in [0.1, 0.15) is 5.82 Å². The van der Waals surface area contributed by atoms with Crippen molar-refractivity contribution in [3.63, 3.8) is 0 Å². The fourth-order valence-electron chi connectivity index (χ4n) is 3.41. The predicted molar refractivity (Wildman–Crippen MR) is 129 cm³/mol. The fraction of sp³-hybridized carbons (Fsp3) is 0.174. The van der Waals surface area contributed by atoms with Crippen LogP contribution in [0.2, 0.25) is 5.02 Å². The van der Waals surface area contributed by atoms with Gasteiger partial charge in [-0.15, -0.1) is 10.2 Å². The standard InChI is InChI=1S/C23H20ClFN4OS2/c1-13-12-18(14(2)29(13)17-10-8-16(24)9-11-17)21(30)15(3)31-23-28-27-22(32-23)26-20-7-5-4-6-19(20)25/h4-12,15H,1-3H3,(H,26,27)/t15-/m0/s1. The van der Waals surface area contributed by atoms with Gasteiger partial charge in [0.15, 0.2) is 10.1 Å². The van der Waals surface area contributed by atoms with Gasteiger partial charge < -0.3 is 9.88 Å². The van der Waals surface area contributed by atoms with E-state index in [0.29, 0.717) is 25.7 Å². The molecular formula is C23H20ClFN4OS2. The molecule has 2 aromatic heterocycles. The van der Waals surface area contributed by atoms with Gasteiger partial charge >= 0.3 is 0 Å². The highest BCUT2D eigenvalue weighted by molar-refractivity contribution is 8.02. The first-order chi connectivity index (χ1) is 15.3. The summed E-state index contributed by atoms with van der Waals surface area (Å²) in [5.74, 6) is -0.349. The highest BCUT2D eigenvalue weighted by Crippen LogP contribution is 2.33. The molecule has 1 N–H and O–H groups in total. The Kier molecular flexibility index (Phi) is 6.64. The maximum Gasteiger partial charge on any atom is 0.210 e. The van der Waals surface area contributed by atoms with Crippen LogP contribution >= 0.6 is 34.7 Å². The molecule has 4 aromatic rings. The minimum absolute atomic E-state index is 0.0159. The number of nitrogens with one attached hydrogen (secondary N) is 1. The summed E-state index contributed by atoms with van der Waals surface area (Å²) in [6.45, 7) is 5.77. The van der Waals surface area contributed by atoms with E-state index in [9.17, 15) is 9.18 Å². The molecule has 0 aliphatic carbocycles. The Morgan fingerprint density at radius 3 is 2.59 bits per heavy atom. The average molecular weight is 487 g/mol. The summed E-state index contributed by atoms with van der Waals surface area (Å²) in [6.07, 6.45) is 0. The van der Waals surface area contributed by atoms with E-state index in [1.165, 1.54) is 29.2 Å². The van der Waals surface area contributed by atoms with Gasteiger partial charge in [0.2, 0.25) is 5.13 Å². The van der Waals surface area contributed by atoms with Crippen LogP contribution in [0.4, 0.5) is 15.2 Å². The number of rotatable bonds is 7. The summed E-state index contributed by atoms with van der Waals surface area (Å²) in [5, 5.41) is 11.9. The molecule has 0 radical (unpaired) electrons. The van der Waals surface area contributed by atoms with Crippen molar-refractivity contribution >= 4 is 51.3 Å². The van der Waals surface area contributed by atoms with Crippen molar-refractivity contribution in [3.8, 4) is 5.69 Å². The first kappa shape index (κ1) is 22.5. The topological polar surface area (TPSA) is 59.8 Å². The van der Waals surface area contributed by atoms with Crippen LogP contribution in [0.15, 0.2) is 58.9 Å². The van der Waals surface area contributed by atoms with E-state index in [-0.39, 0.29) is 16.9 Å². The van der Waals surface area contributed by atoms with Crippen molar-refractivity contribution in [2.75, 3.05) is 5.32 Å². The number of para-hydroxylation sites is 1. The molecule has 0 saturated carbocycles. The van der Waals surface area contributed by atoms with Gasteiger partial charge in [0, 0.05) is 27.7 Å². The van der Waals surface area contributed by atoms with Crippen molar-refractivity contribution in [1.29, 1.82) is 0 Å². The lowest BCUT2D eigenvalue weighted by Crippen LogP contribution is -2.14. The minimum atomic E-state index is -0.364. The van der Waals surface area contributed by atoms with Crippen molar-refractivity contribution in [3.05, 3.63) is 82.4 Å². The Bertz CT molecular complexity index is 1270. The fourth-order valence-corrected chi connectivity index (χ4v) is 5.51. The van der Waals surface area contributed by atoms with Gasteiger partial charge in [0.25, 0.3) is 0 Å².